The number of hydrogen-bond acceptors (Lipinski definition) is 2. The van der Waals surface area contributed by atoms with Crippen LogP contribution in [-0.2, 0) is 6.42 Å². The molecule has 25 heavy (non-hydrogen) atoms. The van der Waals surface area contributed by atoms with Gasteiger partial charge in [0.2, 0.25) is 0 Å². The molecule has 0 bridgehead atoms. The summed E-state index contributed by atoms with van der Waals surface area (Å²) >= 11 is 0. The third-order valence-corrected chi connectivity index (χ3v) is 4.39. The molecule has 3 rings (SSSR count). The van der Waals surface area contributed by atoms with Crippen molar-refractivity contribution in [3.05, 3.63) is 65.0 Å². The number of nitrogens with one attached hydrogen (secondary N) is 3. The molecular formula is C18H20F2N4O. The molecule has 0 radical (unpaired) electrons. The van der Waals surface area contributed by atoms with E-state index >= 15 is 0 Å². The molecule has 7 heteroatoms. The van der Waals surface area contributed by atoms with E-state index in [2.05, 4.69) is 27.4 Å². The summed E-state index contributed by atoms with van der Waals surface area (Å²) in [6.45, 7) is 5.56. The highest BCUT2D eigenvalue weighted by molar-refractivity contribution is 5.75. The summed E-state index contributed by atoms with van der Waals surface area (Å²) in [5.41, 5.74) is 3.08. The van der Waals surface area contributed by atoms with Gasteiger partial charge in [-0.05, 0) is 49.4 Å². The summed E-state index contributed by atoms with van der Waals surface area (Å²) < 4.78 is 26.6. The first-order valence-electron chi connectivity index (χ1n) is 8.15. The van der Waals surface area contributed by atoms with Gasteiger partial charge in [0.05, 0.1) is 24.0 Å². The minimum absolute atomic E-state index is 0.151. The maximum atomic E-state index is 13.5. The fourth-order valence-corrected chi connectivity index (χ4v) is 3.12. The van der Waals surface area contributed by atoms with E-state index in [1.807, 2.05) is 0 Å². The van der Waals surface area contributed by atoms with Crippen LogP contribution in [0.15, 0.2) is 36.5 Å². The van der Waals surface area contributed by atoms with E-state index in [1.54, 1.807) is 13.1 Å². The Balaban J connectivity index is 1.72. The first-order valence-corrected chi connectivity index (χ1v) is 8.15. The van der Waals surface area contributed by atoms with E-state index in [-0.39, 0.29) is 6.04 Å². The molecule has 0 fully saturated rings. The van der Waals surface area contributed by atoms with E-state index in [9.17, 15) is 13.6 Å². The fraction of sp³-hybridized carbons (Fsp3) is 0.333. The molecule has 1 aromatic heterocycles. The number of aromatic nitrogens is 2. The number of hydrogen-bond donors (Lipinski definition) is 3. The number of benzene rings is 1. The molecule has 0 spiro atoms. The molecule has 1 aliphatic rings. The molecule has 132 valence electrons. The van der Waals surface area contributed by atoms with Crippen LogP contribution in [0.5, 0.6) is 0 Å². The van der Waals surface area contributed by atoms with E-state index in [4.69, 9.17) is 0 Å². The maximum absolute atomic E-state index is 13.5. The van der Waals surface area contributed by atoms with Crippen molar-refractivity contribution in [2.45, 2.75) is 38.3 Å². The summed E-state index contributed by atoms with van der Waals surface area (Å²) in [6, 6.07) is 2.39. The van der Waals surface area contributed by atoms with Crippen LogP contribution in [0.1, 0.15) is 48.7 Å². The van der Waals surface area contributed by atoms with Gasteiger partial charge in [-0.25, -0.2) is 13.6 Å². The van der Waals surface area contributed by atoms with Crippen molar-refractivity contribution < 1.29 is 13.6 Å². The lowest BCUT2D eigenvalue weighted by molar-refractivity contribution is 0.233. The number of urea groups is 1. The predicted octanol–water partition coefficient (Wildman–Crippen LogP) is 3.68. The lowest BCUT2D eigenvalue weighted by atomic mass is 9.94. The third-order valence-electron chi connectivity index (χ3n) is 4.39. The van der Waals surface area contributed by atoms with Gasteiger partial charge >= 0.3 is 6.03 Å². The minimum atomic E-state index is -0.958. The van der Waals surface area contributed by atoms with Gasteiger partial charge in [-0.15, -0.1) is 0 Å². The highest BCUT2D eigenvalue weighted by Crippen LogP contribution is 2.28. The van der Waals surface area contributed by atoms with Crippen molar-refractivity contribution in [3.8, 4) is 0 Å². The summed E-state index contributed by atoms with van der Waals surface area (Å²) in [5, 5.41) is 12.7. The molecule has 3 N–H and O–H groups in total. The van der Waals surface area contributed by atoms with Gasteiger partial charge < -0.3 is 10.6 Å². The van der Waals surface area contributed by atoms with Crippen LogP contribution >= 0.6 is 0 Å². The van der Waals surface area contributed by atoms with Gasteiger partial charge in [0.25, 0.3) is 0 Å². The molecule has 1 aromatic carbocycles. The second-order valence-corrected chi connectivity index (χ2v) is 6.32. The van der Waals surface area contributed by atoms with Gasteiger partial charge in [0.15, 0.2) is 11.6 Å². The Bertz CT molecular complexity index is 802. The number of fused-ring (bicyclic) bond motifs is 1. The van der Waals surface area contributed by atoms with Crippen LogP contribution < -0.4 is 10.6 Å². The third kappa shape index (κ3) is 3.70. The minimum Gasteiger partial charge on any atom is -0.330 e. The molecular weight excluding hydrogens is 326 g/mol. The molecule has 1 aliphatic carbocycles. The van der Waals surface area contributed by atoms with Crippen molar-refractivity contribution in [1.29, 1.82) is 0 Å². The average molecular weight is 346 g/mol. The number of H-pyrrole nitrogens is 1. The van der Waals surface area contributed by atoms with E-state index < -0.39 is 23.7 Å². The smallest absolute Gasteiger partial charge is 0.316 e. The largest absolute Gasteiger partial charge is 0.330 e. The van der Waals surface area contributed by atoms with E-state index in [0.29, 0.717) is 11.1 Å². The average Bonchev–Trinajstić information content (AvgIpc) is 3.05. The van der Waals surface area contributed by atoms with Gasteiger partial charge in [0, 0.05) is 0 Å². The fourth-order valence-electron chi connectivity index (χ4n) is 3.12. The van der Waals surface area contributed by atoms with Gasteiger partial charge in [-0.2, -0.15) is 5.10 Å². The first kappa shape index (κ1) is 17.1. The zero-order valence-electron chi connectivity index (χ0n) is 13.9. The zero-order chi connectivity index (χ0) is 18.0. The van der Waals surface area contributed by atoms with E-state index in [1.165, 1.54) is 6.07 Å². The number of nitrogens with zero attached hydrogens (tertiary/aromatic N) is 1. The summed E-state index contributed by atoms with van der Waals surface area (Å²) in [6.07, 6.45) is 4.49. The number of aromatic amines is 1. The van der Waals surface area contributed by atoms with Crippen LogP contribution in [-0.4, -0.2) is 16.2 Å². The van der Waals surface area contributed by atoms with Crippen LogP contribution in [0.2, 0.25) is 0 Å². The number of amides is 2. The molecule has 2 aromatic rings. The molecule has 0 aliphatic heterocycles. The van der Waals surface area contributed by atoms with Crippen molar-refractivity contribution in [1.82, 2.24) is 20.8 Å². The molecule has 2 amide bonds. The van der Waals surface area contributed by atoms with Gasteiger partial charge in [-0.3, -0.25) is 5.10 Å². The topological polar surface area (TPSA) is 69.8 Å². The van der Waals surface area contributed by atoms with Crippen molar-refractivity contribution in [3.63, 3.8) is 0 Å². The van der Waals surface area contributed by atoms with E-state index in [0.717, 1.165) is 42.7 Å². The Morgan fingerprint density at radius 1 is 1.40 bits per heavy atom. The lowest BCUT2D eigenvalue weighted by Crippen LogP contribution is -2.41. The maximum Gasteiger partial charge on any atom is 0.316 e. The molecule has 0 saturated carbocycles. The zero-order valence-corrected chi connectivity index (χ0v) is 13.9. The van der Waals surface area contributed by atoms with Crippen LogP contribution in [0, 0.1) is 11.6 Å². The van der Waals surface area contributed by atoms with Gasteiger partial charge in [-0.1, -0.05) is 18.2 Å². The quantitative estimate of drug-likeness (QED) is 0.739. The SMILES string of the molecule is C=C(C)[C@H](NC(=O)N[C@@H]1CCCc2cn[nH]c21)c1ccc(F)c(F)c1. The van der Waals surface area contributed by atoms with Crippen molar-refractivity contribution in [2.75, 3.05) is 0 Å². The predicted molar refractivity (Wildman–Crippen MR) is 89.8 cm³/mol. The van der Waals surface area contributed by atoms with Crippen LogP contribution in [0.4, 0.5) is 13.6 Å². The summed E-state index contributed by atoms with van der Waals surface area (Å²) in [7, 11) is 0. The highest BCUT2D eigenvalue weighted by Gasteiger charge is 2.25. The van der Waals surface area contributed by atoms with Crippen molar-refractivity contribution >= 4 is 6.03 Å². The first-order chi connectivity index (χ1) is 12.0. The number of halogens is 2. The summed E-state index contributed by atoms with van der Waals surface area (Å²) in [5.74, 6) is -1.89. The molecule has 0 saturated heterocycles. The number of aryl methyl sites for hydroxylation is 1. The van der Waals surface area contributed by atoms with Crippen molar-refractivity contribution in [2.24, 2.45) is 0 Å². The molecule has 0 unspecified atom stereocenters. The Kier molecular flexibility index (Phi) is 4.83. The number of carbonyl (C=O) groups is 1. The molecule has 5 nitrogen and oxygen atoms in total. The Hall–Kier alpha value is -2.70. The second-order valence-electron chi connectivity index (χ2n) is 6.32. The summed E-state index contributed by atoms with van der Waals surface area (Å²) in [4.78, 5) is 12.4. The molecule has 1 heterocycles. The Morgan fingerprint density at radius 3 is 2.92 bits per heavy atom. The van der Waals surface area contributed by atoms with Crippen LogP contribution in [0.25, 0.3) is 0 Å². The Labute approximate surface area is 144 Å². The van der Waals surface area contributed by atoms with Crippen LogP contribution in [0.3, 0.4) is 0 Å². The second kappa shape index (κ2) is 7.04. The number of rotatable bonds is 4. The Morgan fingerprint density at radius 2 is 2.20 bits per heavy atom. The standard InChI is InChI=1S/C18H20F2N4O/c1-10(2)16(11-6-7-13(19)14(20)8-11)23-18(25)22-15-5-3-4-12-9-21-24-17(12)15/h6-9,15-16H,1,3-5H2,2H3,(H,21,24)(H2,22,23,25)/t15-,16+/m1/s1. The molecule has 2 atom stereocenters. The monoisotopic (exact) mass is 346 g/mol. The highest BCUT2D eigenvalue weighted by atomic mass is 19.2. The lowest BCUT2D eigenvalue weighted by Gasteiger charge is -2.25. The normalized spacial score (nSPS) is 17.5. The number of carbonyl (C=O) groups excluding carboxylic acids is 1. The van der Waals surface area contributed by atoms with Gasteiger partial charge in [0.1, 0.15) is 0 Å².